The first-order chi connectivity index (χ1) is 25.4. The molecule has 278 valence electrons. The molecule has 0 aromatic rings. The van der Waals surface area contributed by atoms with Crippen molar-refractivity contribution < 1.29 is 19.1 Å². The Labute approximate surface area is 328 Å². The van der Waals surface area contributed by atoms with E-state index in [0.717, 1.165) is 99.1 Å². The largest absolute Gasteiger partial charge is 0.462 e. The van der Waals surface area contributed by atoms with E-state index >= 15 is 0 Å². The third-order valence-corrected chi connectivity index (χ3v) is 13.3. The van der Waals surface area contributed by atoms with E-state index in [1.807, 2.05) is 12.1 Å². The van der Waals surface area contributed by atoms with E-state index < -0.39 is 11.9 Å². The van der Waals surface area contributed by atoms with E-state index in [9.17, 15) is 30.6 Å². The lowest BCUT2D eigenvalue weighted by Crippen LogP contribution is -2.28. The fourth-order valence-electron chi connectivity index (χ4n) is 7.23. The van der Waals surface area contributed by atoms with Crippen LogP contribution in [0.15, 0.2) is 44.8 Å². The van der Waals surface area contributed by atoms with Crippen LogP contribution < -0.4 is 0 Å². The molecule has 2 unspecified atom stereocenters. The van der Waals surface area contributed by atoms with Gasteiger partial charge in [0.15, 0.2) is 0 Å². The summed E-state index contributed by atoms with van der Waals surface area (Å²) in [6.45, 7) is 3.73. The molecule has 2 fully saturated rings. The first-order valence-corrected chi connectivity index (χ1v) is 21.6. The van der Waals surface area contributed by atoms with E-state index in [-0.39, 0.29) is 34.9 Å². The first-order valence-electron chi connectivity index (χ1n) is 18.2. The predicted molar refractivity (Wildman–Crippen MR) is 211 cm³/mol. The summed E-state index contributed by atoms with van der Waals surface area (Å²) in [7, 11) is 0. The minimum atomic E-state index is -0.704. The molecule has 0 aromatic heterocycles. The number of nitriles is 4. The molecule has 2 saturated heterocycles. The molecule has 4 rings (SSSR count). The zero-order valence-corrected chi connectivity index (χ0v) is 33.2. The Kier molecular flexibility index (Phi) is 17.7. The number of rotatable bonds is 17. The first kappa shape index (κ1) is 41.6. The Hall–Kier alpha value is -3.14. The van der Waals surface area contributed by atoms with E-state index in [0.29, 0.717) is 60.8 Å². The molecule has 0 bridgehead atoms. The van der Waals surface area contributed by atoms with Gasteiger partial charge in [-0.25, -0.2) is 9.59 Å². The molecule has 0 saturated carbocycles. The van der Waals surface area contributed by atoms with Crippen LogP contribution in [0, 0.1) is 45.3 Å². The highest BCUT2D eigenvalue weighted by atomic mass is 32.2. The summed E-state index contributed by atoms with van der Waals surface area (Å²) < 4.78 is 11.0. The number of likely N-dealkylation sites (tertiary alicyclic amines) is 2. The van der Waals surface area contributed by atoms with Crippen LogP contribution in [0.25, 0.3) is 0 Å². The Morgan fingerprint density at radius 3 is 1.35 bits per heavy atom. The number of carbonyl (C=O) groups is 2. The fourth-order valence-corrected chi connectivity index (χ4v) is 9.86. The van der Waals surface area contributed by atoms with Crippen molar-refractivity contribution in [2.45, 2.75) is 87.5 Å². The van der Waals surface area contributed by atoms with Gasteiger partial charge in [0.25, 0.3) is 0 Å². The van der Waals surface area contributed by atoms with E-state index in [4.69, 9.17) is 9.47 Å². The summed E-state index contributed by atoms with van der Waals surface area (Å²) in [6.07, 6.45) is 9.13. The standard InChI is InChI=1S/C38H48N6O4S4/c39-23-31-29(19-27(51-17-15-49)21-35(31)43-9-3-4-10-43)33(25-41)37(45)47-13-7-1-2-8-14-48-38(46)34(26-42)30-20-28(52-18-16-50)22-36(32(30)24-40)44-11-5-6-12-44/h27-28,49-50H,1-22H2/b33-29+,34-30+. The minimum absolute atomic E-state index is 0.0923. The highest BCUT2D eigenvalue weighted by molar-refractivity contribution is 8.00. The zero-order valence-electron chi connectivity index (χ0n) is 29.7. The van der Waals surface area contributed by atoms with Crippen LogP contribution in [0.1, 0.15) is 77.0 Å². The molecule has 0 amide bonds. The molecule has 2 aliphatic carbocycles. The highest BCUT2D eigenvalue weighted by Gasteiger charge is 2.35. The smallest absolute Gasteiger partial charge is 0.349 e. The lowest BCUT2D eigenvalue weighted by atomic mass is 9.87. The van der Waals surface area contributed by atoms with Gasteiger partial charge in [-0.1, -0.05) is 0 Å². The molecule has 0 radical (unpaired) electrons. The van der Waals surface area contributed by atoms with Gasteiger partial charge in [0, 0.05) is 72.4 Å². The molecule has 52 heavy (non-hydrogen) atoms. The number of hydrogen-bond donors (Lipinski definition) is 2. The molecule has 10 nitrogen and oxygen atoms in total. The van der Waals surface area contributed by atoms with Gasteiger partial charge in [0.1, 0.15) is 35.4 Å². The topological polar surface area (TPSA) is 154 Å². The van der Waals surface area contributed by atoms with Gasteiger partial charge in [0.2, 0.25) is 0 Å². The number of nitrogens with zero attached hydrogens (tertiary/aromatic N) is 6. The van der Waals surface area contributed by atoms with Crippen molar-refractivity contribution in [2.75, 3.05) is 62.4 Å². The minimum Gasteiger partial charge on any atom is -0.462 e. The average Bonchev–Trinajstić information content (AvgIpc) is 3.90. The molecule has 2 aliphatic heterocycles. The second kappa shape index (κ2) is 22.2. The van der Waals surface area contributed by atoms with Crippen LogP contribution in [0.2, 0.25) is 0 Å². The molecular weight excluding hydrogens is 733 g/mol. The number of ether oxygens (including phenoxy) is 2. The third kappa shape index (κ3) is 11.2. The van der Waals surface area contributed by atoms with Crippen molar-refractivity contribution in [3.8, 4) is 24.3 Å². The van der Waals surface area contributed by atoms with Crippen LogP contribution in [0.4, 0.5) is 0 Å². The average molecular weight is 781 g/mol. The van der Waals surface area contributed by atoms with Crippen LogP contribution in [-0.2, 0) is 19.1 Å². The number of thioether (sulfide) groups is 2. The normalized spacial score (nSPS) is 22.3. The van der Waals surface area contributed by atoms with Crippen molar-refractivity contribution in [3.63, 3.8) is 0 Å². The van der Waals surface area contributed by atoms with Gasteiger partial charge in [-0.3, -0.25) is 0 Å². The Bertz CT molecular complexity index is 1480. The van der Waals surface area contributed by atoms with Crippen molar-refractivity contribution in [2.24, 2.45) is 0 Å². The van der Waals surface area contributed by atoms with Crippen LogP contribution in [0.5, 0.6) is 0 Å². The molecular formula is C38H48N6O4S4. The monoisotopic (exact) mass is 780 g/mol. The number of esters is 2. The van der Waals surface area contributed by atoms with Gasteiger partial charge < -0.3 is 19.3 Å². The van der Waals surface area contributed by atoms with Crippen molar-refractivity contribution in [1.29, 1.82) is 21.0 Å². The van der Waals surface area contributed by atoms with Gasteiger partial charge in [-0.15, -0.1) is 0 Å². The summed E-state index contributed by atoms with van der Waals surface area (Å²) >= 11 is 12.2. The lowest BCUT2D eigenvalue weighted by Gasteiger charge is -2.32. The van der Waals surface area contributed by atoms with Gasteiger partial charge in [-0.05, 0) is 86.9 Å². The lowest BCUT2D eigenvalue weighted by molar-refractivity contribution is -0.139. The fraction of sp³-hybridized carbons (Fsp3) is 0.632. The highest BCUT2D eigenvalue weighted by Crippen LogP contribution is 2.41. The Morgan fingerprint density at radius 1 is 0.635 bits per heavy atom. The van der Waals surface area contributed by atoms with Gasteiger partial charge in [0.05, 0.1) is 24.4 Å². The third-order valence-electron chi connectivity index (χ3n) is 9.72. The van der Waals surface area contributed by atoms with Crippen molar-refractivity contribution in [1.82, 2.24) is 9.80 Å². The molecule has 0 aromatic carbocycles. The van der Waals surface area contributed by atoms with E-state index in [2.05, 4.69) is 47.2 Å². The van der Waals surface area contributed by atoms with Crippen molar-refractivity contribution >= 4 is 60.7 Å². The van der Waals surface area contributed by atoms with Crippen LogP contribution in [-0.4, -0.2) is 94.6 Å². The molecule has 0 N–H and O–H groups in total. The maximum Gasteiger partial charge on any atom is 0.349 e. The summed E-state index contributed by atoms with van der Waals surface area (Å²) in [5, 5.41) is 40.7. The predicted octanol–water partition coefficient (Wildman–Crippen LogP) is 6.67. The quantitative estimate of drug-likeness (QED) is 0.0533. The number of hydrogen-bond acceptors (Lipinski definition) is 14. The summed E-state index contributed by atoms with van der Waals surface area (Å²) in [5.74, 6) is 1.72. The van der Waals surface area contributed by atoms with Crippen molar-refractivity contribution in [3.05, 3.63) is 44.8 Å². The SMILES string of the molecule is N#CC1=C(N2CCCC2)CC(SCCS)C/C1=C(/C#N)C(=O)OCCCCCCOC(=O)/C(C#N)=C1\CC(SCCS)CC(N2CCCC2)=C1C#N. The second-order valence-electron chi connectivity index (χ2n) is 13.1. The second-order valence-corrected chi connectivity index (χ2v) is 16.8. The summed E-state index contributed by atoms with van der Waals surface area (Å²) in [4.78, 5) is 30.7. The number of carbonyl (C=O) groups excluding carboxylic acids is 2. The molecule has 14 heteroatoms. The van der Waals surface area contributed by atoms with Crippen LogP contribution >= 0.6 is 48.8 Å². The molecule has 2 heterocycles. The van der Waals surface area contributed by atoms with Gasteiger partial charge in [-0.2, -0.15) is 69.8 Å². The number of allylic oxidation sites excluding steroid dienone is 6. The summed E-state index contributed by atoms with van der Waals surface area (Å²) in [6, 6.07) is 8.71. The molecule has 2 atom stereocenters. The van der Waals surface area contributed by atoms with E-state index in [1.54, 1.807) is 23.5 Å². The van der Waals surface area contributed by atoms with Crippen LogP contribution in [0.3, 0.4) is 0 Å². The zero-order chi connectivity index (χ0) is 37.3. The van der Waals surface area contributed by atoms with Gasteiger partial charge >= 0.3 is 11.9 Å². The maximum atomic E-state index is 13.1. The molecule has 4 aliphatic rings. The Balaban J connectivity index is 1.30. The maximum absolute atomic E-state index is 13.1. The number of unbranched alkanes of at least 4 members (excludes halogenated alkanes) is 3. The molecule has 0 spiro atoms. The summed E-state index contributed by atoms with van der Waals surface area (Å²) in [5.41, 5.74) is 3.51. The number of thiol groups is 2. The van der Waals surface area contributed by atoms with E-state index in [1.165, 1.54) is 0 Å². The Morgan fingerprint density at radius 2 is 1.02 bits per heavy atom.